The molecular weight excluding hydrogens is 198 g/mol. The molecule has 2 aromatic rings. The van der Waals surface area contributed by atoms with Gasteiger partial charge in [0.25, 0.3) is 0 Å². The van der Waals surface area contributed by atoms with Gasteiger partial charge in [0.05, 0.1) is 12.6 Å². The summed E-state index contributed by atoms with van der Waals surface area (Å²) in [7, 11) is 1.66. The second-order valence-electron chi connectivity index (χ2n) is 4.92. The smallest absolute Gasteiger partial charge is 0.119 e. The molecule has 0 aliphatic carbocycles. The highest BCUT2D eigenvalue weighted by Crippen LogP contribution is 2.24. The number of methoxy groups -OCH3 is 1. The highest BCUT2D eigenvalue weighted by Gasteiger charge is 2.15. The van der Waals surface area contributed by atoms with Crippen molar-refractivity contribution in [3.8, 4) is 5.75 Å². The van der Waals surface area contributed by atoms with Crippen molar-refractivity contribution in [2.24, 2.45) is 0 Å². The quantitative estimate of drug-likeness (QED) is 0.726. The van der Waals surface area contributed by atoms with Crippen molar-refractivity contribution in [3.63, 3.8) is 0 Å². The molecule has 2 heteroatoms. The minimum Gasteiger partial charge on any atom is -0.497 e. The first-order chi connectivity index (χ1) is 7.50. The van der Waals surface area contributed by atoms with E-state index in [9.17, 15) is 0 Å². The fourth-order valence-corrected chi connectivity index (χ4v) is 1.55. The molecule has 2 rings (SSSR count). The molecule has 1 radical (unpaired) electrons. The first kappa shape index (κ1) is 10.9. The van der Waals surface area contributed by atoms with Gasteiger partial charge in [0.15, 0.2) is 0 Å². The molecule has 0 fully saturated rings. The van der Waals surface area contributed by atoms with Gasteiger partial charge in [0.1, 0.15) is 5.75 Å². The first-order valence-corrected chi connectivity index (χ1v) is 5.37. The van der Waals surface area contributed by atoms with Crippen molar-refractivity contribution in [2.45, 2.75) is 26.2 Å². The number of benzene rings is 1. The summed E-state index contributed by atoms with van der Waals surface area (Å²) < 4.78 is 5.17. The maximum absolute atomic E-state index is 5.17. The highest BCUT2D eigenvalue weighted by atomic mass is 16.5. The van der Waals surface area contributed by atoms with Gasteiger partial charge in [-0.25, -0.2) is 0 Å². The van der Waals surface area contributed by atoms with Crippen LogP contribution in [-0.2, 0) is 5.41 Å². The van der Waals surface area contributed by atoms with Gasteiger partial charge in [-0.05, 0) is 30.3 Å². The highest BCUT2D eigenvalue weighted by molar-refractivity contribution is 5.79. The normalized spacial score (nSPS) is 11.8. The Morgan fingerprint density at radius 1 is 1.25 bits per heavy atom. The van der Waals surface area contributed by atoms with Crippen LogP contribution < -0.4 is 4.74 Å². The molecule has 0 amide bonds. The number of nitrogens with zero attached hydrogens (tertiary/aromatic N) is 1. The Labute approximate surface area is 96.3 Å². The fourth-order valence-electron chi connectivity index (χ4n) is 1.55. The molecule has 0 aliphatic heterocycles. The van der Waals surface area contributed by atoms with Crippen molar-refractivity contribution in [1.29, 1.82) is 0 Å². The molecule has 0 bridgehead atoms. The van der Waals surface area contributed by atoms with E-state index in [0.29, 0.717) is 0 Å². The van der Waals surface area contributed by atoms with E-state index in [0.717, 1.165) is 22.3 Å². The van der Waals surface area contributed by atoms with E-state index >= 15 is 0 Å². The summed E-state index contributed by atoms with van der Waals surface area (Å²) in [6, 6.07) is 11.1. The van der Waals surface area contributed by atoms with E-state index in [-0.39, 0.29) is 5.41 Å². The number of fused-ring (bicyclic) bond motifs is 1. The van der Waals surface area contributed by atoms with Gasteiger partial charge in [0, 0.05) is 16.5 Å². The number of aromatic nitrogens is 1. The first-order valence-electron chi connectivity index (χ1n) is 5.37. The Morgan fingerprint density at radius 2 is 2.00 bits per heavy atom. The minimum atomic E-state index is 0.0601. The van der Waals surface area contributed by atoms with Gasteiger partial charge in [-0.15, -0.1) is 0 Å². The van der Waals surface area contributed by atoms with Crippen LogP contribution in [0.1, 0.15) is 26.5 Å². The monoisotopic (exact) mass is 214 g/mol. The third kappa shape index (κ3) is 2.01. The molecule has 16 heavy (non-hydrogen) atoms. The number of ether oxygens (including phenoxy) is 1. The van der Waals surface area contributed by atoms with Crippen LogP contribution in [0.3, 0.4) is 0 Å². The summed E-state index contributed by atoms with van der Waals surface area (Å²) in [5.74, 6) is 0.842. The van der Waals surface area contributed by atoms with Crippen LogP contribution in [0.15, 0.2) is 24.3 Å². The van der Waals surface area contributed by atoms with E-state index < -0.39 is 0 Å². The van der Waals surface area contributed by atoms with Gasteiger partial charge in [0.2, 0.25) is 0 Å². The molecule has 1 heterocycles. The summed E-state index contributed by atoms with van der Waals surface area (Å²) in [5, 5.41) is 0.993. The summed E-state index contributed by atoms with van der Waals surface area (Å²) in [6.07, 6.45) is 0. The van der Waals surface area contributed by atoms with Gasteiger partial charge < -0.3 is 4.74 Å². The second-order valence-corrected chi connectivity index (χ2v) is 4.92. The van der Waals surface area contributed by atoms with E-state index in [4.69, 9.17) is 4.74 Å². The lowest BCUT2D eigenvalue weighted by molar-refractivity contribution is 0.415. The molecule has 83 valence electrons. The maximum atomic E-state index is 5.17. The number of hydrogen-bond acceptors (Lipinski definition) is 2. The SMILES string of the molecule is COc1ccc2nc(C(C)(C)C)c[c]c2c1. The van der Waals surface area contributed by atoms with Gasteiger partial charge in [-0.3, -0.25) is 4.98 Å². The molecule has 2 nitrogen and oxygen atoms in total. The summed E-state index contributed by atoms with van der Waals surface area (Å²) >= 11 is 0. The summed E-state index contributed by atoms with van der Waals surface area (Å²) in [4.78, 5) is 4.64. The van der Waals surface area contributed by atoms with E-state index in [1.807, 2.05) is 24.3 Å². The number of rotatable bonds is 1. The minimum absolute atomic E-state index is 0.0601. The Morgan fingerprint density at radius 3 is 2.62 bits per heavy atom. The van der Waals surface area contributed by atoms with Crippen molar-refractivity contribution >= 4 is 10.9 Å². The van der Waals surface area contributed by atoms with E-state index in [1.54, 1.807) is 7.11 Å². The zero-order chi connectivity index (χ0) is 11.8. The van der Waals surface area contributed by atoms with Crippen LogP contribution in [0.2, 0.25) is 0 Å². The summed E-state index contributed by atoms with van der Waals surface area (Å²) in [5.41, 5.74) is 2.09. The molecule has 0 unspecified atom stereocenters. The molecule has 0 saturated carbocycles. The molecule has 0 aliphatic rings. The lowest BCUT2D eigenvalue weighted by Gasteiger charge is -2.17. The average molecular weight is 214 g/mol. The van der Waals surface area contributed by atoms with Gasteiger partial charge in [-0.2, -0.15) is 0 Å². The Kier molecular flexibility index (Phi) is 2.58. The predicted octanol–water partition coefficient (Wildman–Crippen LogP) is 3.34. The average Bonchev–Trinajstić information content (AvgIpc) is 2.26. The lowest BCUT2D eigenvalue weighted by Crippen LogP contribution is -2.13. The van der Waals surface area contributed by atoms with Crippen molar-refractivity contribution in [3.05, 3.63) is 36.0 Å². The van der Waals surface area contributed by atoms with Crippen molar-refractivity contribution in [1.82, 2.24) is 4.98 Å². The van der Waals surface area contributed by atoms with Gasteiger partial charge in [-0.1, -0.05) is 20.8 Å². The Hall–Kier alpha value is -1.57. The second kappa shape index (κ2) is 3.78. The predicted molar refractivity (Wildman–Crippen MR) is 65.8 cm³/mol. The third-order valence-electron chi connectivity index (χ3n) is 2.58. The Bertz CT molecular complexity index is 512. The molecule has 1 aromatic heterocycles. The largest absolute Gasteiger partial charge is 0.497 e. The maximum Gasteiger partial charge on any atom is 0.119 e. The Balaban J connectivity index is 2.56. The van der Waals surface area contributed by atoms with Crippen LogP contribution in [0.25, 0.3) is 10.9 Å². The lowest BCUT2D eigenvalue weighted by atomic mass is 9.91. The third-order valence-corrected chi connectivity index (χ3v) is 2.58. The molecule has 1 aromatic carbocycles. The zero-order valence-corrected chi connectivity index (χ0v) is 10.2. The van der Waals surface area contributed by atoms with Crippen LogP contribution in [-0.4, -0.2) is 12.1 Å². The van der Waals surface area contributed by atoms with Gasteiger partial charge >= 0.3 is 0 Å². The van der Waals surface area contributed by atoms with Crippen molar-refractivity contribution in [2.75, 3.05) is 7.11 Å². The van der Waals surface area contributed by atoms with E-state index in [1.165, 1.54) is 0 Å². The molecule has 0 spiro atoms. The number of hydrogen-bond donors (Lipinski definition) is 0. The number of pyridine rings is 1. The van der Waals surface area contributed by atoms with Crippen LogP contribution >= 0.6 is 0 Å². The van der Waals surface area contributed by atoms with E-state index in [2.05, 4.69) is 31.8 Å². The topological polar surface area (TPSA) is 22.1 Å². The molecule has 0 N–H and O–H groups in total. The standard InChI is InChI=1S/C14H16NO/c1-14(2,3)13-8-5-10-9-11(16-4)6-7-12(10)15-13/h6-9H,1-4H3. The molecule has 0 atom stereocenters. The van der Waals surface area contributed by atoms with Crippen LogP contribution in [0, 0.1) is 6.07 Å². The zero-order valence-electron chi connectivity index (χ0n) is 10.2. The van der Waals surface area contributed by atoms with Crippen molar-refractivity contribution < 1.29 is 4.74 Å². The molecular formula is C14H16NO. The summed E-state index contributed by atoms with van der Waals surface area (Å²) in [6.45, 7) is 6.45. The molecule has 0 saturated heterocycles. The van der Waals surface area contributed by atoms with Crippen LogP contribution in [0.5, 0.6) is 5.75 Å². The van der Waals surface area contributed by atoms with Crippen LogP contribution in [0.4, 0.5) is 0 Å². The fraction of sp³-hybridized carbons (Fsp3) is 0.357.